The summed E-state index contributed by atoms with van der Waals surface area (Å²) in [7, 11) is 0. The molecule has 1 atom stereocenters. The van der Waals surface area contributed by atoms with E-state index in [0.717, 1.165) is 0 Å². The SMILES string of the molecule is [C-]#[N+]N1CCC(=O)C(C(C)C)C1. The Morgan fingerprint density at radius 1 is 1.67 bits per heavy atom. The lowest BCUT2D eigenvalue weighted by molar-refractivity contribution is -0.127. The zero-order valence-corrected chi connectivity index (χ0v) is 7.58. The van der Waals surface area contributed by atoms with Gasteiger partial charge in [-0.1, -0.05) is 13.8 Å². The van der Waals surface area contributed by atoms with Crippen LogP contribution in [0, 0.1) is 18.4 Å². The number of carbonyl (C=O) groups is 1. The molecule has 1 aliphatic rings. The molecule has 0 aromatic heterocycles. The number of carbonyl (C=O) groups excluding carboxylic acids is 1. The van der Waals surface area contributed by atoms with Crippen LogP contribution >= 0.6 is 0 Å². The van der Waals surface area contributed by atoms with E-state index in [2.05, 4.69) is 4.95 Å². The Labute approximate surface area is 73.1 Å². The summed E-state index contributed by atoms with van der Waals surface area (Å²) in [4.78, 5) is 14.7. The molecule has 0 aromatic carbocycles. The van der Waals surface area contributed by atoms with Crippen LogP contribution in [0.5, 0.6) is 0 Å². The van der Waals surface area contributed by atoms with Crippen molar-refractivity contribution >= 4 is 5.78 Å². The van der Waals surface area contributed by atoms with Crippen LogP contribution in [0.1, 0.15) is 20.3 Å². The van der Waals surface area contributed by atoms with Crippen molar-refractivity contribution in [2.24, 2.45) is 11.8 Å². The molecule has 1 saturated heterocycles. The third-order valence-corrected chi connectivity index (χ3v) is 2.38. The molecule has 12 heavy (non-hydrogen) atoms. The molecule has 0 radical (unpaired) electrons. The summed E-state index contributed by atoms with van der Waals surface area (Å²) in [6.45, 7) is 12.2. The highest BCUT2D eigenvalue weighted by atomic mass is 16.1. The van der Waals surface area contributed by atoms with Gasteiger partial charge in [0.05, 0.1) is 13.1 Å². The van der Waals surface area contributed by atoms with Crippen molar-refractivity contribution in [3.05, 3.63) is 11.5 Å². The second-order valence-corrected chi connectivity index (χ2v) is 3.58. The van der Waals surface area contributed by atoms with Gasteiger partial charge in [-0.05, 0) is 5.92 Å². The van der Waals surface area contributed by atoms with E-state index in [1.54, 1.807) is 5.01 Å². The predicted octanol–water partition coefficient (Wildman–Crippen LogP) is 1.37. The molecule has 0 bridgehead atoms. The first-order chi connectivity index (χ1) is 5.65. The van der Waals surface area contributed by atoms with Gasteiger partial charge in [0.2, 0.25) is 0 Å². The Morgan fingerprint density at radius 3 is 2.83 bits per heavy atom. The monoisotopic (exact) mass is 166 g/mol. The Hall–Kier alpha value is -1.04. The van der Waals surface area contributed by atoms with E-state index >= 15 is 0 Å². The third kappa shape index (κ3) is 1.76. The highest BCUT2D eigenvalue weighted by Gasteiger charge is 2.31. The largest absolute Gasteiger partial charge is 0.299 e. The first kappa shape index (κ1) is 9.05. The number of ketones is 1. The molecule has 0 saturated carbocycles. The van der Waals surface area contributed by atoms with Crippen LogP contribution in [0.4, 0.5) is 0 Å². The molecule has 0 N–H and O–H groups in total. The molecule has 66 valence electrons. The fourth-order valence-corrected chi connectivity index (χ4v) is 1.52. The normalized spacial score (nSPS) is 24.3. The average Bonchev–Trinajstić information content (AvgIpc) is 2.05. The lowest BCUT2D eigenvalue weighted by Gasteiger charge is -2.26. The van der Waals surface area contributed by atoms with E-state index in [4.69, 9.17) is 6.57 Å². The fraction of sp³-hybridized carbons (Fsp3) is 0.778. The number of hydrogen-bond acceptors (Lipinski definition) is 2. The van der Waals surface area contributed by atoms with Gasteiger partial charge in [-0.3, -0.25) is 4.79 Å². The minimum Gasteiger partial charge on any atom is -0.299 e. The first-order valence-corrected chi connectivity index (χ1v) is 4.30. The summed E-state index contributed by atoms with van der Waals surface area (Å²) < 4.78 is 0. The van der Waals surface area contributed by atoms with Crippen LogP contribution in [0.15, 0.2) is 0 Å². The van der Waals surface area contributed by atoms with Crippen LogP contribution in [0.3, 0.4) is 0 Å². The number of rotatable bonds is 1. The van der Waals surface area contributed by atoms with Gasteiger partial charge >= 0.3 is 0 Å². The standard InChI is InChI=1S/C9H14N2O/c1-7(2)8-6-11(10-3)5-4-9(8)12/h7-8H,4-6H2,1-2H3. The van der Waals surface area contributed by atoms with Crippen molar-refractivity contribution in [3.63, 3.8) is 0 Å². The fourth-order valence-electron chi connectivity index (χ4n) is 1.52. The predicted molar refractivity (Wildman–Crippen MR) is 46.1 cm³/mol. The maximum atomic E-state index is 11.4. The maximum absolute atomic E-state index is 11.4. The van der Waals surface area contributed by atoms with E-state index in [1.807, 2.05) is 13.8 Å². The second-order valence-electron chi connectivity index (χ2n) is 3.58. The van der Waals surface area contributed by atoms with Gasteiger partial charge in [-0.15, -0.1) is 5.01 Å². The molecule has 1 fully saturated rings. The van der Waals surface area contributed by atoms with E-state index in [1.165, 1.54) is 0 Å². The van der Waals surface area contributed by atoms with E-state index < -0.39 is 0 Å². The van der Waals surface area contributed by atoms with Gasteiger partial charge < -0.3 is 0 Å². The number of hydrogen-bond donors (Lipinski definition) is 0. The summed E-state index contributed by atoms with van der Waals surface area (Å²) in [6.07, 6.45) is 0.547. The summed E-state index contributed by atoms with van der Waals surface area (Å²) in [5.74, 6) is 0.764. The van der Waals surface area contributed by atoms with Crippen LogP contribution < -0.4 is 0 Å². The molecule has 3 nitrogen and oxygen atoms in total. The van der Waals surface area contributed by atoms with Crippen LogP contribution in [-0.4, -0.2) is 23.9 Å². The average molecular weight is 166 g/mol. The van der Waals surface area contributed by atoms with Crippen LogP contribution in [0.25, 0.3) is 4.95 Å². The molecule has 0 aromatic rings. The van der Waals surface area contributed by atoms with Gasteiger partial charge in [0.15, 0.2) is 0 Å². The number of nitrogens with zero attached hydrogens (tertiary/aromatic N) is 2. The second kappa shape index (κ2) is 3.57. The summed E-state index contributed by atoms with van der Waals surface area (Å²) in [6, 6.07) is 0. The van der Waals surface area contributed by atoms with Crippen molar-refractivity contribution in [2.45, 2.75) is 20.3 Å². The molecule has 0 aliphatic carbocycles. The molecule has 3 heteroatoms. The zero-order valence-electron chi connectivity index (χ0n) is 7.58. The van der Waals surface area contributed by atoms with Crippen LogP contribution in [0.2, 0.25) is 0 Å². The van der Waals surface area contributed by atoms with Gasteiger partial charge in [-0.25, -0.2) is 0 Å². The third-order valence-electron chi connectivity index (χ3n) is 2.38. The smallest absolute Gasteiger partial charge is 0.140 e. The molecule has 0 amide bonds. The van der Waals surface area contributed by atoms with E-state index in [0.29, 0.717) is 31.2 Å². The minimum absolute atomic E-state index is 0.0767. The highest BCUT2D eigenvalue weighted by molar-refractivity contribution is 5.82. The Bertz CT molecular complexity index is 217. The lowest BCUT2D eigenvalue weighted by Crippen LogP contribution is -2.39. The summed E-state index contributed by atoms with van der Waals surface area (Å²) >= 11 is 0. The molecule has 1 unspecified atom stereocenters. The molecule has 1 rings (SSSR count). The van der Waals surface area contributed by atoms with Crippen LogP contribution in [-0.2, 0) is 4.79 Å². The molecular weight excluding hydrogens is 152 g/mol. The molecule has 0 spiro atoms. The van der Waals surface area contributed by atoms with Gasteiger partial charge in [0.25, 0.3) is 0 Å². The van der Waals surface area contributed by atoms with Gasteiger partial charge in [0.1, 0.15) is 5.78 Å². The minimum atomic E-state index is 0.0767. The van der Waals surface area contributed by atoms with E-state index in [-0.39, 0.29) is 5.92 Å². The lowest BCUT2D eigenvalue weighted by atomic mass is 9.87. The topological polar surface area (TPSA) is 24.7 Å². The Balaban J connectivity index is 2.60. The van der Waals surface area contributed by atoms with Gasteiger partial charge in [0, 0.05) is 12.3 Å². The highest BCUT2D eigenvalue weighted by Crippen LogP contribution is 2.20. The number of piperidine rings is 1. The molecule has 1 aliphatic heterocycles. The van der Waals surface area contributed by atoms with Crippen molar-refractivity contribution in [2.75, 3.05) is 13.1 Å². The van der Waals surface area contributed by atoms with Crippen molar-refractivity contribution in [3.8, 4) is 0 Å². The Morgan fingerprint density at radius 2 is 2.33 bits per heavy atom. The van der Waals surface area contributed by atoms with Gasteiger partial charge in [-0.2, -0.15) is 11.5 Å². The van der Waals surface area contributed by atoms with E-state index in [9.17, 15) is 4.79 Å². The Kier molecular flexibility index (Phi) is 2.69. The maximum Gasteiger partial charge on any atom is 0.140 e. The molecular formula is C9H14N2O. The van der Waals surface area contributed by atoms with Crippen molar-refractivity contribution in [1.82, 2.24) is 5.01 Å². The van der Waals surface area contributed by atoms with Crippen molar-refractivity contribution < 1.29 is 4.79 Å². The zero-order chi connectivity index (χ0) is 9.14. The molecule has 1 heterocycles. The number of Topliss-reactive ketones (excluding diaryl/α,β-unsaturated/α-hetero) is 1. The quantitative estimate of drug-likeness (QED) is 0.549. The first-order valence-electron chi connectivity index (χ1n) is 4.30. The van der Waals surface area contributed by atoms with Crippen molar-refractivity contribution in [1.29, 1.82) is 0 Å². The summed E-state index contributed by atoms with van der Waals surface area (Å²) in [5, 5.41) is 1.66. The summed E-state index contributed by atoms with van der Waals surface area (Å²) in [5.41, 5.74) is 0.